The van der Waals surface area contributed by atoms with Crippen LogP contribution in [0.25, 0.3) is 0 Å². The summed E-state index contributed by atoms with van der Waals surface area (Å²) in [5.41, 5.74) is 1.23. The van der Waals surface area contributed by atoms with E-state index in [4.69, 9.17) is 0 Å². The molecule has 0 aliphatic rings. The van der Waals surface area contributed by atoms with Crippen LogP contribution in [0, 0.1) is 0 Å². The highest BCUT2D eigenvalue weighted by Gasteiger charge is 2.09. The van der Waals surface area contributed by atoms with Gasteiger partial charge in [-0.25, -0.2) is 4.98 Å². The molecule has 1 aromatic rings. The Labute approximate surface area is 79.8 Å². The van der Waals surface area contributed by atoms with E-state index in [1.807, 2.05) is 38.3 Å². The lowest BCUT2D eigenvalue weighted by Gasteiger charge is -2.19. The van der Waals surface area contributed by atoms with Crippen LogP contribution in [0.3, 0.4) is 0 Å². The zero-order valence-electron chi connectivity index (χ0n) is 8.70. The van der Waals surface area contributed by atoms with Crippen molar-refractivity contribution in [2.45, 2.75) is 13.0 Å². The summed E-state index contributed by atoms with van der Waals surface area (Å²) in [5.74, 6) is 1.03. The van der Waals surface area contributed by atoms with Gasteiger partial charge in [0.1, 0.15) is 5.82 Å². The van der Waals surface area contributed by atoms with E-state index in [-0.39, 0.29) is 0 Å². The van der Waals surface area contributed by atoms with E-state index < -0.39 is 0 Å². The number of nitrogens with one attached hydrogen (secondary N) is 1. The van der Waals surface area contributed by atoms with Crippen LogP contribution in [0.2, 0.25) is 0 Å². The zero-order valence-corrected chi connectivity index (χ0v) is 8.70. The zero-order chi connectivity index (χ0) is 9.84. The summed E-state index contributed by atoms with van der Waals surface area (Å²) in [4.78, 5) is 6.36. The molecule has 72 valence electrons. The molecule has 1 N–H and O–H groups in total. The van der Waals surface area contributed by atoms with E-state index in [0.717, 1.165) is 5.82 Å². The van der Waals surface area contributed by atoms with E-state index in [1.165, 1.54) is 5.56 Å². The van der Waals surface area contributed by atoms with Gasteiger partial charge in [0.15, 0.2) is 0 Å². The van der Waals surface area contributed by atoms with Gasteiger partial charge < -0.3 is 10.2 Å². The normalized spacial score (nSPS) is 12.6. The number of hydrogen-bond acceptors (Lipinski definition) is 3. The highest BCUT2D eigenvalue weighted by Crippen LogP contribution is 2.21. The second kappa shape index (κ2) is 4.23. The summed E-state index contributed by atoms with van der Waals surface area (Å²) >= 11 is 0. The van der Waals surface area contributed by atoms with Crippen molar-refractivity contribution in [2.75, 3.05) is 26.0 Å². The number of nitrogens with zero attached hydrogens (tertiary/aromatic N) is 2. The Balaban J connectivity index is 3.04. The summed E-state index contributed by atoms with van der Waals surface area (Å²) < 4.78 is 0. The molecule has 1 atom stereocenters. The van der Waals surface area contributed by atoms with Crippen molar-refractivity contribution in [3.05, 3.63) is 23.9 Å². The van der Waals surface area contributed by atoms with Gasteiger partial charge in [-0.15, -0.1) is 0 Å². The van der Waals surface area contributed by atoms with Crippen molar-refractivity contribution < 1.29 is 0 Å². The minimum atomic E-state index is 0.339. The number of rotatable bonds is 3. The highest BCUT2D eigenvalue weighted by atomic mass is 15.1. The Morgan fingerprint density at radius 3 is 2.69 bits per heavy atom. The average molecular weight is 179 g/mol. The molecule has 0 bridgehead atoms. The van der Waals surface area contributed by atoms with Gasteiger partial charge in [-0.3, -0.25) is 0 Å². The number of hydrogen-bond donors (Lipinski definition) is 1. The fourth-order valence-electron chi connectivity index (χ4n) is 1.28. The monoisotopic (exact) mass is 179 g/mol. The molecule has 1 heterocycles. The van der Waals surface area contributed by atoms with Crippen LogP contribution >= 0.6 is 0 Å². The van der Waals surface area contributed by atoms with E-state index in [9.17, 15) is 0 Å². The van der Waals surface area contributed by atoms with Crippen molar-refractivity contribution in [1.29, 1.82) is 0 Å². The molecule has 3 heteroatoms. The molecule has 0 aliphatic carbocycles. The average Bonchev–Trinajstić information content (AvgIpc) is 2.16. The molecule has 0 saturated carbocycles. The maximum Gasteiger partial charge on any atom is 0.132 e. The van der Waals surface area contributed by atoms with E-state index in [0.29, 0.717) is 6.04 Å². The first-order chi connectivity index (χ1) is 6.16. The fraction of sp³-hybridized carbons (Fsp3) is 0.500. The SMILES string of the molecule is CN[C@H](C)c1cccnc1N(C)C. The van der Waals surface area contributed by atoms with Crippen LogP contribution in [-0.4, -0.2) is 26.1 Å². The predicted octanol–water partition coefficient (Wildman–Crippen LogP) is 1.43. The molecule has 0 fully saturated rings. The first-order valence-electron chi connectivity index (χ1n) is 4.46. The van der Waals surface area contributed by atoms with Crippen molar-refractivity contribution in [3.8, 4) is 0 Å². The molecular weight excluding hydrogens is 162 g/mol. The van der Waals surface area contributed by atoms with E-state index in [2.05, 4.69) is 23.3 Å². The minimum Gasteiger partial charge on any atom is -0.362 e. The molecule has 1 rings (SSSR count). The standard InChI is InChI=1S/C10H17N3/c1-8(11-2)9-6-5-7-12-10(9)13(3)4/h5-8,11H,1-4H3/t8-/m1/s1. The van der Waals surface area contributed by atoms with Gasteiger partial charge in [-0.1, -0.05) is 6.07 Å². The van der Waals surface area contributed by atoms with Gasteiger partial charge in [-0.05, 0) is 20.0 Å². The van der Waals surface area contributed by atoms with Gasteiger partial charge in [0, 0.05) is 31.9 Å². The molecule has 13 heavy (non-hydrogen) atoms. The van der Waals surface area contributed by atoms with Crippen LogP contribution in [0.1, 0.15) is 18.5 Å². The number of aromatic nitrogens is 1. The Hall–Kier alpha value is -1.09. The summed E-state index contributed by atoms with van der Waals surface area (Å²) in [6, 6.07) is 4.41. The van der Waals surface area contributed by atoms with Crippen molar-refractivity contribution in [3.63, 3.8) is 0 Å². The van der Waals surface area contributed by atoms with Crippen LogP contribution in [0.4, 0.5) is 5.82 Å². The lowest BCUT2D eigenvalue weighted by atomic mass is 10.1. The third-order valence-corrected chi connectivity index (χ3v) is 2.14. The Morgan fingerprint density at radius 1 is 1.46 bits per heavy atom. The van der Waals surface area contributed by atoms with Crippen LogP contribution in [0.5, 0.6) is 0 Å². The molecule has 0 aromatic carbocycles. The number of pyridine rings is 1. The second-order valence-corrected chi connectivity index (χ2v) is 3.32. The summed E-state index contributed by atoms with van der Waals surface area (Å²) in [5, 5.41) is 3.21. The molecule has 3 nitrogen and oxygen atoms in total. The number of anilines is 1. The third kappa shape index (κ3) is 2.18. The van der Waals surface area contributed by atoms with Gasteiger partial charge >= 0.3 is 0 Å². The van der Waals surface area contributed by atoms with Crippen LogP contribution in [-0.2, 0) is 0 Å². The van der Waals surface area contributed by atoms with Gasteiger partial charge in [0.2, 0.25) is 0 Å². The fourth-order valence-corrected chi connectivity index (χ4v) is 1.28. The molecule has 0 spiro atoms. The molecule has 0 unspecified atom stereocenters. The second-order valence-electron chi connectivity index (χ2n) is 3.32. The quantitative estimate of drug-likeness (QED) is 0.760. The Kier molecular flexibility index (Phi) is 3.25. The molecule has 0 saturated heterocycles. The highest BCUT2D eigenvalue weighted by molar-refractivity contribution is 5.46. The van der Waals surface area contributed by atoms with Crippen molar-refractivity contribution in [1.82, 2.24) is 10.3 Å². The largest absolute Gasteiger partial charge is 0.362 e. The summed E-state index contributed by atoms with van der Waals surface area (Å²) in [6.45, 7) is 2.13. The lowest BCUT2D eigenvalue weighted by Crippen LogP contribution is -2.19. The van der Waals surface area contributed by atoms with Crippen LogP contribution in [0.15, 0.2) is 18.3 Å². The minimum absolute atomic E-state index is 0.339. The smallest absolute Gasteiger partial charge is 0.132 e. The topological polar surface area (TPSA) is 28.2 Å². The molecule has 1 aromatic heterocycles. The first kappa shape index (κ1) is 9.99. The van der Waals surface area contributed by atoms with Crippen molar-refractivity contribution >= 4 is 5.82 Å². The van der Waals surface area contributed by atoms with Crippen molar-refractivity contribution in [2.24, 2.45) is 0 Å². The van der Waals surface area contributed by atoms with Gasteiger partial charge in [0.05, 0.1) is 0 Å². The lowest BCUT2D eigenvalue weighted by molar-refractivity contribution is 0.648. The van der Waals surface area contributed by atoms with Crippen LogP contribution < -0.4 is 10.2 Å². The van der Waals surface area contributed by atoms with E-state index in [1.54, 1.807) is 0 Å². The summed E-state index contributed by atoms with van der Waals surface area (Å²) in [6.07, 6.45) is 1.82. The summed E-state index contributed by atoms with van der Waals surface area (Å²) in [7, 11) is 5.97. The molecule has 0 amide bonds. The first-order valence-corrected chi connectivity index (χ1v) is 4.46. The maximum atomic E-state index is 4.33. The van der Waals surface area contributed by atoms with Gasteiger partial charge in [-0.2, -0.15) is 0 Å². The maximum absolute atomic E-state index is 4.33. The van der Waals surface area contributed by atoms with Gasteiger partial charge in [0.25, 0.3) is 0 Å². The predicted molar refractivity (Wildman–Crippen MR) is 56.0 cm³/mol. The molecule has 0 radical (unpaired) electrons. The Bertz CT molecular complexity index is 271. The molecule has 0 aliphatic heterocycles. The molecular formula is C10H17N3. The van der Waals surface area contributed by atoms with E-state index >= 15 is 0 Å². The third-order valence-electron chi connectivity index (χ3n) is 2.14. The Morgan fingerprint density at radius 2 is 2.15 bits per heavy atom.